The van der Waals surface area contributed by atoms with Crippen LogP contribution in [0.5, 0.6) is 0 Å². The molecule has 0 bridgehead atoms. The van der Waals surface area contributed by atoms with Gasteiger partial charge in [0.1, 0.15) is 5.82 Å². The molecule has 2 N–H and O–H groups in total. The molecule has 0 unspecified atom stereocenters. The van der Waals surface area contributed by atoms with E-state index in [9.17, 15) is 0 Å². The average Bonchev–Trinajstić information content (AvgIpc) is 2.64. The van der Waals surface area contributed by atoms with Crippen LogP contribution >= 0.6 is 0 Å². The van der Waals surface area contributed by atoms with Crippen LogP contribution in [-0.2, 0) is 6.54 Å². The zero-order chi connectivity index (χ0) is 17.9. The predicted octanol–water partition coefficient (Wildman–Crippen LogP) is 2.08. The van der Waals surface area contributed by atoms with Gasteiger partial charge in [0.05, 0.1) is 6.54 Å². The summed E-state index contributed by atoms with van der Waals surface area (Å²) in [6.07, 6.45) is 5.58. The smallest absolute Gasteiger partial charge is 0.191 e. The van der Waals surface area contributed by atoms with Gasteiger partial charge in [-0.1, -0.05) is 19.8 Å². The molecule has 25 heavy (non-hydrogen) atoms. The quantitative estimate of drug-likeness (QED) is 0.429. The van der Waals surface area contributed by atoms with Crippen LogP contribution in [0.1, 0.15) is 38.7 Å². The monoisotopic (exact) mass is 346 g/mol. The van der Waals surface area contributed by atoms with E-state index in [2.05, 4.69) is 58.4 Å². The Morgan fingerprint density at radius 1 is 1.16 bits per heavy atom. The minimum absolute atomic E-state index is 0.673. The van der Waals surface area contributed by atoms with E-state index in [1.54, 1.807) is 0 Å². The summed E-state index contributed by atoms with van der Waals surface area (Å²) in [7, 11) is 2.17. The van der Waals surface area contributed by atoms with Crippen LogP contribution in [-0.4, -0.2) is 62.2 Å². The highest BCUT2D eigenvalue weighted by Crippen LogP contribution is 2.15. The Labute approximate surface area is 152 Å². The summed E-state index contributed by atoms with van der Waals surface area (Å²) in [5, 5.41) is 6.74. The predicted molar refractivity (Wildman–Crippen MR) is 106 cm³/mol. The maximum Gasteiger partial charge on any atom is 0.191 e. The minimum Gasteiger partial charge on any atom is -0.357 e. The van der Waals surface area contributed by atoms with Crippen molar-refractivity contribution in [2.45, 2.75) is 39.7 Å². The Bertz CT molecular complexity index is 522. The number of unbranched alkanes of at least 4 members (excludes halogenated alkanes) is 2. The Balaban J connectivity index is 1.92. The molecule has 0 aromatic carbocycles. The second-order valence-electron chi connectivity index (χ2n) is 6.64. The lowest BCUT2D eigenvalue weighted by molar-refractivity contribution is 0.312. The molecular weight excluding hydrogens is 312 g/mol. The van der Waals surface area contributed by atoms with Gasteiger partial charge in [-0.25, -0.2) is 9.98 Å². The van der Waals surface area contributed by atoms with Crippen LogP contribution in [0.4, 0.5) is 5.82 Å². The van der Waals surface area contributed by atoms with Crippen LogP contribution in [0.25, 0.3) is 0 Å². The number of rotatable bonds is 8. The number of nitrogens with zero attached hydrogens (tertiary/aromatic N) is 4. The van der Waals surface area contributed by atoms with Crippen molar-refractivity contribution >= 4 is 11.8 Å². The third kappa shape index (κ3) is 6.90. The van der Waals surface area contributed by atoms with Gasteiger partial charge in [0.25, 0.3) is 0 Å². The summed E-state index contributed by atoms with van der Waals surface area (Å²) in [4.78, 5) is 14.0. The number of pyridine rings is 1. The first-order valence-corrected chi connectivity index (χ1v) is 9.63. The number of guanidine groups is 1. The van der Waals surface area contributed by atoms with Gasteiger partial charge in [-0.15, -0.1) is 0 Å². The highest BCUT2D eigenvalue weighted by atomic mass is 15.3. The summed E-state index contributed by atoms with van der Waals surface area (Å²) < 4.78 is 0. The maximum atomic E-state index is 4.72. The van der Waals surface area contributed by atoms with Crippen molar-refractivity contribution < 1.29 is 0 Å². The molecule has 1 aromatic heterocycles. The number of aliphatic imine (C=N–C) groups is 1. The van der Waals surface area contributed by atoms with Crippen LogP contribution < -0.4 is 15.5 Å². The SMILES string of the molecule is CCCCCNC(=NCc1ccnc(N2CCN(C)CC2)c1)NCC. The fourth-order valence-corrected chi connectivity index (χ4v) is 2.86. The molecule has 6 heteroatoms. The van der Waals surface area contributed by atoms with Crippen molar-refractivity contribution in [3.8, 4) is 0 Å². The van der Waals surface area contributed by atoms with Gasteiger partial charge in [-0.3, -0.25) is 0 Å². The zero-order valence-electron chi connectivity index (χ0n) is 16.1. The Kier molecular flexibility index (Phi) is 8.52. The first kappa shape index (κ1) is 19.5. The highest BCUT2D eigenvalue weighted by molar-refractivity contribution is 5.79. The van der Waals surface area contributed by atoms with E-state index in [0.717, 1.165) is 51.0 Å². The molecule has 1 fully saturated rings. The van der Waals surface area contributed by atoms with E-state index >= 15 is 0 Å². The van der Waals surface area contributed by atoms with Crippen LogP contribution in [0, 0.1) is 0 Å². The maximum absolute atomic E-state index is 4.72. The van der Waals surface area contributed by atoms with Gasteiger partial charge in [0, 0.05) is 45.5 Å². The fraction of sp³-hybridized carbons (Fsp3) is 0.684. The summed E-state index contributed by atoms with van der Waals surface area (Å²) >= 11 is 0. The number of hydrogen-bond donors (Lipinski definition) is 2. The summed E-state index contributed by atoms with van der Waals surface area (Å²) in [6, 6.07) is 4.24. The van der Waals surface area contributed by atoms with Crippen LogP contribution in [0.15, 0.2) is 23.3 Å². The van der Waals surface area contributed by atoms with Gasteiger partial charge < -0.3 is 20.4 Å². The second kappa shape index (κ2) is 10.9. The number of hydrogen-bond acceptors (Lipinski definition) is 4. The molecule has 0 radical (unpaired) electrons. The second-order valence-corrected chi connectivity index (χ2v) is 6.64. The largest absolute Gasteiger partial charge is 0.357 e. The summed E-state index contributed by atoms with van der Waals surface area (Å²) in [5.41, 5.74) is 1.20. The van der Waals surface area contributed by atoms with E-state index in [1.165, 1.54) is 24.8 Å². The van der Waals surface area contributed by atoms with E-state index < -0.39 is 0 Å². The fourth-order valence-electron chi connectivity index (χ4n) is 2.86. The van der Waals surface area contributed by atoms with Gasteiger partial charge in [0.15, 0.2) is 5.96 Å². The lowest BCUT2D eigenvalue weighted by Gasteiger charge is -2.33. The third-order valence-corrected chi connectivity index (χ3v) is 4.47. The molecule has 140 valence electrons. The number of anilines is 1. The first-order valence-electron chi connectivity index (χ1n) is 9.63. The molecule has 0 saturated carbocycles. The van der Waals surface area contributed by atoms with E-state index in [-0.39, 0.29) is 0 Å². The van der Waals surface area contributed by atoms with Crippen molar-refractivity contribution in [2.24, 2.45) is 4.99 Å². The van der Waals surface area contributed by atoms with Gasteiger partial charge in [-0.05, 0) is 38.1 Å². The zero-order valence-corrected chi connectivity index (χ0v) is 16.1. The minimum atomic E-state index is 0.673. The standard InChI is InChI=1S/C19H34N6/c1-4-6-7-9-22-19(20-5-2)23-16-17-8-10-21-18(15-17)25-13-11-24(3)12-14-25/h8,10,15H,4-7,9,11-14,16H2,1-3H3,(H2,20,22,23). The molecule has 1 aliphatic rings. The topological polar surface area (TPSA) is 55.8 Å². The average molecular weight is 347 g/mol. The summed E-state index contributed by atoms with van der Waals surface area (Å²) in [6.45, 7) is 11.1. The molecule has 0 amide bonds. The van der Waals surface area contributed by atoms with Crippen molar-refractivity contribution in [3.05, 3.63) is 23.9 Å². The summed E-state index contributed by atoms with van der Waals surface area (Å²) in [5.74, 6) is 1.97. The molecule has 2 rings (SSSR count). The number of piperazine rings is 1. The molecule has 0 atom stereocenters. The lowest BCUT2D eigenvalue weighted by atomic mass is 10.2. The lowest BCUT2D eigenvalue weighted by Crippen LogP contribution is -2.44. The van der Waals surface area contributed by atoms with Crippen LogP contribution in [0.3, 0.4) is 0 Å². The Morgan fingerprint density at radius 3 is 2.68 bits per heavy atom. The molecule has 1 saturated heterocycles. The number of likely N-dealkylation sites (N-methyl/N-ethyl adjacent to an activating group) is 1. The Hall–Kier alpha value is -1.82. The third-order valence-electron chi connectivity index (χ3n) is 4.47. The van der Waals surface area contributed by atoms with Gasteiger partial charge in [0.2, 0.25) is 0 Å². The molecular formula is C19H34N6. The Morgan fingerprint density at radius 2 is 1.96 bits per heavy atom. The van der Waals surface area contributed by atoms with Crippen molar-refractivity contribution in [2.75, 3.05) is 51.2 Å². The molecule has 0 spiro atoms. The number of aromatic nitrogens is 1. The van der Waals surface area contributed by atoms with E-state index in [1.807, 2.05) is 6.20 Å². The molecule has 1 aliphatic heterocycles. The van der Waals surface area contributed by atoms with Gasteiger partial charge in [-0.2, -0.15) is 0 Å². The molecule has 0 aliphatic carbocycles. The van der Waals surface area contributed by atoms with E-state index in [0.29, 0.717) is 6.54 Å². The van der Waals surface area contributed by atoms with Crippen molar-refractivity contribution in [1.82, 2.24) is 20.5 Å². The van der Waals surface area contributed by atoms with Crippen molar-refractivity contribution in [1.29, 1.82) is 0 Å². The molecule has 2 heterocycles. The molecule has 6 nitrogen and oxygen atoms in total. The van der Waals surface area contributed by atoms with Gasteiger partial charge >= 0.3 is 0 Å². The molecule has 1 aromatic rings. The number of nitrogens with one attached hydrogen (secondary N) is 2. The van der Waals surface area contributed by atoms with E-state index in [4.69, 9.17) is 4.99 Å². The van der Waals surface area contributed by atoms with Crippen molar-refractivity contribution in [3.63, 3.8) is 0 Å². The first-order chi connectivity index (χ1) is 12.2. The normalized spacial score (nSPS) is 16.1. The van der Waals surface area contributed by atoms with Crippen LogP contribution in [0.2, 0.25) is 0 Å². The highest BCUT2D eigenvalue weighted by Gasteiger charge is 2.15.